The summed E-state index contributed by atoms with van der Waals surface area (Å²) < 4.78 is 0. The van der Waals surface area contributed by atoms with Gasteiger partial charge in [0.1, 0.15) is 0 Å². The molecule has 4 nitrogen and oxygen atoms in total. The summed E-state index contributed by atoms with van der Waals surface area (Å²) in [5.74, 6) is -1.83. The van der Waals surface area contributed by atoms with E-state index in [9.17, 15) is 14.7 Å². The Balaban J connectivity index is 5.96. The molecule has 0 aromatic heterocycles. The predicted molar refractivity (Wildman–Crippen MR) is 75.0 cm³/mol. The number of rotatable bonds is 3. The van der Waals surface area contributed by atoms with Crippen LogP contribution in [0.5, 0.6) is 0 Å². The number of carboxylic acid groups (broad SMARTS) is 1. The maximum atomic E-state index is 12.1. The zero-order valence-electron chi connectivity index (χ0n) is 12.8. The molecule has 0 aliphatic carbocycles. The van der Waals surface area contributed by atoms with Crippen LogP contribution in [0.25, 0.3) is 0 Å². The first kappa shape index (κ1) is 17.4. The van der Waals surface area contributed by atoms with Crippen LogP contribution in [0.15, 0.2) is 23.0 Å². The Hall–Kier alpha value is -1.58. The molecule has 0 unspecified atom stereocenters. The van der Waals surface area contributed by atoms with E-state index in [0.717, 1.165) is 0 Å². The SMILES string of the molecule is CC(=CC(=C(O)C(=O)C(C)(C)C)C(C)(C)C)C(=O)O. The van der Waals surface area contributed by atoms with Crippen molar-refractivity contribution in [3.63, 3.8) is 0 Å². The monoisotopic (exact) mass is 268 g/mol. The quantitative estimate of drug-likeness (QED) is 0.467. The third-order valence-electron chi connectivity index (χ3n) is 2.66. The Kier molecular flexibility index (Phi) is 5.13. The zero-order valence-corrected chi connectivity index (χ0v) is 12.8. The van der Waals surface area contributed by atoms with Crippen molar-refractivity contribution < 1.29 is 19.8 Å². The molecule has 0 aromatic rings. The fourth-order valence-corrected chi connectivity index (χ4v) is 1.40. The molecule has 0 heterocycles. The number of aliphatic hydroxyl groups excluding tert-OH is 1. The van der Waals surface area contributed by atoms with Crippen LogP contribution in [-0.2, 0) is 9.59 Å². The number of Topliss-reactive ketones (excluding diaryl/α,β-unsaturated/α-hetero) is 1. The van der Waals surface area contributed by atoms with Crippen molar-refractivity contribution >= 4 is 11.8 Å². The van der Waals surface area contributed by atoms with Crippen molar-refractivity contribution in [1.82, 2.24) is 0 Å². The minimum atomic E-state index is -1.07. The number of aliphatic carboxylic acids is 1. The molecule has 108 valence electrons. The van der Waals surface area contributed by atoms with Gasteiger partial charge in [0, 0.05) is 16.6 Å². The lowest BCUT2D eigenvalue weighted by Crippen LogP contribution is -2.25. The third-order valence-corrected chi connectivity index (χ3v) is 2.66. The van der Waals surface area contributed by atoms with Crippen LogP contribution in [-0.4, -0.2) is 22.0 Å². The molecule has 0 radical (unpaired) electrons. The molecule has 0 rings (SSSR count). The van der Waals surface area contributed by atoms with Crippen molar-refractivity contribution in [3.05, 3.63) is 23.0 Å². The van der Waals surface area contributed by atoms with Gasteiger partial charge in [0.25, 0.3) is 0 Å². The van der Waals surface area contributed by atoms with E-state index in [1.54, 1.807) is 20.8 Å². The van der Waals surface area contributed by atoms with E-state index in [1.807, 2.05) is 20.8 Å². The molecule has 19 heavy (non-hydrogen) atoms. The first-order valence-corrected chi connectivity index (χ1v) is 6.18. The number of hydrogen-bond acceptors (Lipinski definition) is 3. The normalized spacial score (nSPS) is 15.0. The van der Waals surface area contributed by atoms with E-state index < -0.39 is 22.6 Å². The van der Waals surface area contributed by atoms with Gasteiger partial charge in [-0.15, -0.1) is 0 Å². The van der Waals surface area contributed by atoms with Gasteiger partial charge in [-0.1, -0.05) is 41.5 Å². The average molecular weight is 268 g/mol. The van der Waals surface area contributed by atoms with Gasteiger partial charge in [0.2, 0.25) is 5.78 Å². The van der Waals surface area contributed by atoms with Gasteiger partial charge < -0.3 is 10.2 Å². The summed E-state index contributed by atoms with van der Waals surface area (Å²) in [5.41, 5.74) is -0.821. The highest BCUT2D eigenvalue weighted by Gasteiger charge is 2.30. The summed E-state index contributed by atoms with van der Waals surface area (Å²) in [6.07, 6.45) is 1.36. The zero-order chi connectivity index (χ0) is 15.6. The van der Waals surface area contributed by atoms with Crippen molar-refractivity contribution in [2.45, 2.75) is 48.5 Å². The molecule has 0 spiro atoms. The first-order chi connectivity index (χ1) is 8.28. The lowest BCUT2D eigenvalue weighted by Gasteiger charge is -2.24. The van der Waals surface area contributed by atoms with Crippen LogP contribution in [0.4, 0.5) is 0 Å². The second-order valence-corrected chi connectivity index (χ2v) is 6.72. The Morgan fingerprint density at radius 2 is 1.32 bits per heavy atom. The molecule has 0 saturated carbocycles. The summed E-state index contributed by atoms with van der Waals surface area (Å²) in [4.78, 5) is 23.0. The summed E-state index contributed by atoms with van der Waals surface area (Å²) in [7, 11) is 0. The number of carbonyl (C=O) groups is 2. The van der Waals surface area contributed by atoms with Gasteiger partial charge in [-0.2, -0.15) is 0 Å². The van der Waals surface area contributed by atoms with Gasteiger partial charge in [-0.05, 0) is 18.4 Å². The van der Waals surface area contributed by atoms with Crippen molar-refractivity contribution in [3.8, 4) is 0 Å². The summed E-state index contributed by atoms with van der Waals surface area (Å²) in [6, 6.07) is 0. The van der Waals surface area contributed by atoms with Crippen molar-refractivity contribution in [2.24, 2.45) is 10.8 Å². The van der Waals surface area contributed by atoms with Crippen LogP contribution >= 0.6 is 0 Å². The fraction of sp³-hybridized carbons (Fsp3) is 0.600. The second-order valence-electron chi connectivity index (χ2n) is 6.72. The molecule has 0 aromatic carbocycles. The Morgan fingerprint density at radius 1 is 0.895 bits per heavy atom. The number of aliphatic hydroxyl groups is 1. The molecule has 0 fully saturated rings. The molecule has 0 atom stereocenters. The highest BCUT2D eigenvalue weighted by Crippen LogP contribution is 2.32. The first-order valence-electron chi connectivity index (χ1n) is 6.18. The average Bonchev–Trinajstić information content (AvgIpc) is 2.20. The molecule has 0 bridgehead atoms. The van der Waals surface area contributed by atoms with Crippen LogP contribution in [0.3, 0.4) is 0 Å². The number of allylic oxidation sites excluding steroid dienone is 3. The summed E-state index contributed by atoms with van der Waals surface area (Å²) in [6.45, 7) is 12.0. The number of carboxylic acids is 1. The van der Waals surface area contributed by atoms with Crippen molar-refractivity contribution in [2.75, 3.05) is 0 Å². The van der Waals surface area contributed by atoms with E-state index in [0.29, 0.717) is 5.57 Å². The van der Waals surface area contributed by atoms with Gasteiger partial charge in [-0.25, -0.2) is 4.79 Å². The van der Waals surface area contributed by atoms with E-state index >= 15 is 0 Å². The molecule has 2 N–H and O–H groups in total. The fourth-order valence-electron chi connectivity index (χ4n) is 1.40. The largest absolute Gasteiger partial charge is 0.504 e. The predicted octanol–water partition coefficient (Wildman–Crippen LogP) is 3.49. The molecular formula is C15H24O4. The Morgan fingerprint density at radius 3 is 1.58 bits per heavy atom. The highest BCUT2D eigenvalue weighted by molar-refractivity contribution is 5.98. The smallest absolute Gasteiger partial charge is 0.331 e. The van der Waals surface area contributed by atoms with Crippen LogP contribution < -0.4 is 0 Å². The maximum absolute atomic E-state index is 12.1. The minimum Gasteiger partial charge on any atom is -0.504 e. The van der Waals surface area contributed by atoms with Gasteiger partial charge in [0.15, 0.2) is 5.76 Å². The highest BCUT2D eigenvalue weighted by atomic mass is 16.4. The van der Waals surface area contributed by atoms with Gasteiger partial charge in [0.05, 0.1) is 0 Å². The summed E-state index contributed by atoms with van der Waals surface area (Å²) >= 11 is 0. The maximum Gasteiger partial charge on any atom is 0.331 e. The topological polar surface area (TPSA) is 74.6 Å². The number of hydrogen-bond donors (Lipinski definition) is 2. The molecular weight excluding hydrogens is 244 g/mol. The molecule has 0 aliphatic rings. The van der Waals surface area contributed by atoms with Crippen molar-refractivity contribution in [1.29, 1.82) is 0 Å². The third kappa shape index (κ3) is 4.89. The van der Waals surface area contributed by atoms with Crippen LogP contribution in [0, 0.1) is 10.8 Å². The van der Waals surface area contributed by atoms with Crippen LogP contribution in [0.1, 0.15) is 48.5 Å². The Labute approximate surface area is 114 Å². The molecule has 0 amide bonds. The summed E-state index contributed by atoms with van der Waals surface area (Å²) in [5, 5.41) is 19.1. The Bertz CT molecular complexity index is 440. The van der Waals surface area contributed by atoms with E-state index in [4.69, 9.17) is 5.11 Å². The van der Waals surface area contributed by atoms with E-state index in [2.05, 4.69) is 0 Å². The van der Waals surface area contributed by atoms with Crippen LogP contribution in [0.2, 0.25) is 0 Å². The van der Waals surface area contributed by atoms with Gasteiger partial charge >= 0.3 is 5.97 Å². The van der Waals surface area contributed by atoms with E-state index in [-0.39, 0.29) is 11.3 Å². The molecule has 4 heteroatoms. The van der Waals surface area contributed by atoms with Gasteiger partial charge in [-0.3, -0.25) is 4.79 Å². The second kappa shape index (κ2) is 5.59. The lowest BCUT2D eigenvalue weighted by atomic mass is 9.80. The van der Waals surface area contributed by atoms with E-state index in [1.165, 1.54) is 13.0 Å². The minimum absolute atomic E-state index is 0.0817. The number of carbonyl (C=O) groups excluding carboxylic acids is 1. The molecule has 0 saturated heterocycles. The molecule has 0 aliphatic heterocycles. The lowest BCUT2D eigenvalue weighted by molar-refractivity contribution is -0.132. The number of ketones is 1. The standard InChI is InChI=1S/C15H24O4/c1-9(13(18)19)8-10(14(2,3)4)11(16)12(17)15(5,6)7/h8,16H,1-7H3,(H,18,19).